The molecule has 5 nitrogen and oxygen atoms in total. The lowest BCUT2D eigenvalue weighted by molar-refractivity contribution is 0.0287. The molecule has 0 aromatic heterocycles. The molecule has 5 heteroatoms. The van der Waals surface area contributed by atoms with Crippen LogP contribution in [0.25, 0.3) is 0 Å². The summed E-state index contributed by atoms with van der Waals surface area (Å²) in [5.41, 5.74) is 0.595. The molecule has 2 atom stereocenters. The number of hydrogen-bond acceptors (Lipinski definition) is 4. The van der Waals surface area contributed by atoms with Gasteiger partial charge in [0.05, 0.1) is 12.7 Å². The highest BCUT2D eigenvalue weighted by Gasteiger charge is 2.37. The Morgan fingerprint density at radius 1 is 1.35 bits per heavy atom. The summed E-state index contributed by atoms with van der Waals surface area (Å²) >= 11 is 0. The molecule has 1 fully saturated rings. The molecule has 142 valence electrons. The predicted molar refractivity (Wildman–Crippen MR) is 101 cm³/mol. The Morgan fingerprint density at radius 3 is 2.77 bits per heavy atom. The van der Waals surface area contributed by atoms with Crippen molar-refractivity contribution in [1.29, 1.82) is 5.26 Å². The lowest BCUT2D eigenvalue weighted by Gasteiger charge is -2.24. The van der Waals surface area contributed by atoms with Gasteiger partial charge in [-0.25, -0.2) is 4.79 Å². The van der Waals surface area contributed by atoms with Gasteiger partial charge in [0.1, 0.15) is 11.4 Å². The van der Waals surface area contributed by atoms with Gasteiger partial charge in [0.15, 0.2) is 0 Å². The summed E-state index contributed by atoms with van der Waals surface area (Å²) in [6.45, 7) is 9.55. The van der Waals surface area contributed by atoms with E-state index < -0.39 is 5.60 Å². The first-order valence-corrected chi connectivity index (χ1v) is 9.41. The molecular weight excluding hydrogens is 328 g/mol. The molecule has 0 N–H and O–H groups in total. The molecule has 1 saturated heterocycles. The van der Waals surface area contributed by atoms with Crippen LogP contribution in [-0.4, -0.2) is 36.3 Å². The minimum atomic E-state index is -0.521. The number of nitriles is 1. The molecule has 1 heterocycles. The highest BCUT2D eigenvalue weighted by atomic mass is 16.6. The Bertz CT molecular complexity index is 645. The molecule has 0 spiro atoms. The van der Waals surface area contributed by atoms with Crippen molar-refractivity contribution in [1.82, 2.24) is 4.90 Å². The van der Waals surface area contributed by atoms with Crippen LogP contribution in [0.3, 0.4) is 0 Å². The van der Waals surface area contributed by atoms with Crippen LogP contribution in [0.5, 0.6) is 5.75 Å². The fourth-order valence-corrected chi connectivity index (χ4v) is 3.22. The standard InChI is InChI=1S/C21H30N2O3/c1-5-6-12-25-18-9-7-8-16(13-18)19-15-23(14-17(19)10-11-22)20(24)26-21(2,3)4/h7-9,13,17,19H,5-6,10,12,14-15H2,1-4H3/t17-,19-/m0/s1. The van der Waals surface area contributed by atoms with Gasteiger partial charge in [0, 0.05) is 25.4 Å². The summed E-state index contributed by atoms with van der Waals surface area (Å²) in [5, 5.41) is 9.19. The second kappa shape index (κ2) is 8.93. The minimum absolute atomic E-state index is 0.110. The third-order valence-electron chi connectivity index (χ3n) is 4.50. The maximum atomic E-state index is 12.4. The molecule has 1 aliphatic heterocycles. The molecule has 2 rings (SSSR count). The number of carbonyl (C=O) groups excluding carboxylic acids is 1. The number of unbranched alkanes of at least 4 members (excludes halogenated alkanes) is 1. The average Bonchev–Trinajstić information content (AvgIpc) is 2.98. The van der Waals surface area contributed by atoms with E-state index in [1.54, 1.807) is 4.90 Å². The van der Waals surface area contributed by atoms with E-state index >= 15 is 0 Å². The zero-order valence-electron chi connectivity index (χ0n) is 16.3. The van der Waals surface area contributed by atoms with Gasteiger partial charge in [-0.2, -0.15) is 5.26 Å². The largest absolute Gasteiger partial charge is 0.494 e. The summed E-state index contributed by atoms with van der Waals surface area (Å²) in [6.07, 6.45) is 2.23. The van der Waals surface area contributed by atoms with E-state index in [0.29, 0.717) is 26.1 Å². The van der Waals surface area contributed by atoms with E-state index in [0.717, 1.165) is 24.2 Å². The van der Waals surface area contributed by atoms with Crippen molar-refractivity contribution in [3.63, 3.8) is 0 Å². The molecule has 0 saturated carbocycles. The fourth-order valence-electron chi connectivity index (χ4n) is 3.22. The fraction of sp³-hybridized carbons (Fsp3) is 0.619. The number of likely N-dealkylation sites (tertiary alicyclic amines) is 1. The summed E-state index contributed by atoms with van der Waals surface area (Å²) in [6, 6.07) is 10.3. The zero-order chi connectivity index (χ0) is 19.2. The molecular formula is C21H30N2O3. The maximum absolute atomic E-state index is 12.4. The van der Waals surface area contributed by atoms with E-state index in [-0.39, 0.29) is 17.9 Å². The lowest BCUT2D eigenvalue weighted by atomic mass is 9.87. The monoisotopic (exact) mass is 358 g/mol. The molecule has 26 heavy (non-hydrogen) atoms. The van der Waals surface area contributed by atoms with Gasteiger partial charge < -0.3 is 14.4 Å². The quantitative estimate of drug-likeness (QED) is 0.690. The molecule has 0 radical (unpaired) electrons. The van der Waals surface area contributed by atoms with Crippen molar-refractivity contribution < 1.29 is 14.3 Å². The number of rotatable bonds is 6. The van der Waals surface area contributed by atoms with Crippen molar-refractivity contribution in [2.45, 2.75) is 58.5 Å². The van der Waals surface area contributed by atoms with Crippen molar-refractivity contribution >= 4 is 6.09 Å². The average molecular weight is 358 g/mol. The van der Waals surface area contributed by atoms with Gasteiger partial charge in [-0.05, 0) is 50.8 Å². The number of benzene rings is 1. The molecule has 0 bridgehead atoms. The highest BCUT2D eigenvalue weighted by Crippen LogP contribution is 2.36. The molecule has 1 aromatic carbocycles. The molecule has 1 amide bonds. The van der Waals surface area contributed by atoms with Gasteiger partial charge in [-0.1, -0.05) is 25.5 Å². The second-order valence-corrected chi connectivity index (χ2v) is 7.89. The van der Waals surface area contributed by atoms with Crippen molar-refractivity contribution in [2.24, 2.45) is 5.92 Å². The van der Waals surface area contributed by atoms with E-state index in [1.807, 2.05) is 39.0 Å². The summed E-state index contributed by atoms with van der Waals surface area (Å²) < 4.78 is 11.3. The van der Waals surface area contributed by atoms with Crippen molar-refractivity contribution in [3.05, 3.63) is 29.8 Å². The van der Waals surface area contributed by atoms with E-state index in [9.17, 15) is 10.1 Å². The SMILES string of the molecule is CCCCOc1cccc([C@@H]2CN(C(=O)OC(C)(C)C)C[C@@H]2CC#N)c1. The predicted octanol–water partition coefficient (Wildman–Crippen LogP) is 4.73. The van der Waals surface area contributed by atoms with Gasteiger partial charge in [-0.3, -0.25) is 0 Å². The Balaban J connectivity index is 2.12. The van der Waals surface area contributed by atoms with Crippen LogP contribution in [0.1, 0.15) is 58.4 Å². The van der Waals surface area contributed by atoms with Crippen LogP contribution >= 0.6 is 0 Å². The van der Waals surface area contributed by atoms with Crippen LogP contribution in [0.15, 0.2) is 24.3 Å². The summed E-state index contributed by atoms with van der Waals surface area (Å²) in [4.78, 5) is 14.1. The van der Waals surface area contributed by atoms with Gasteiger partial charge in [-0.15, -0.1) is 0 Å². The van der Waals surface area contributed by atoms with Gasteiger partial charge in [0.25, 0.3) is 0 Å². The molecule has 0 unspecified atom stereocenters. The molecule has 1 aliphatic rings. The van der Waals surface area contributed by atoms with Crippen LogP contribution in [0, 0.1) is 17.2 Å². The number of carbonyl (C=O) groups is 1. The Labute approximate surface area is 156 Å². The first-order valence-electron chi connectivity index (χ1n) is 9.41. The summed E-state index contributed by atoms with van der Waals surface area (Å²) in [5.74, 6) is 1.08. The topological polar surface area (TPSA) is 62.6 Å². The molecule has 1 aromatic rings. The second-order valence-electron chi connectivity index (χ2n) is 7.89. The zero-order valence-corrected chi connectivity index (χ0v) is 16.3. The maximum Gasteiger partial charge on any atom is 0.410 e. The first-order chi connectivity index (χ1) is 12.3. The lowest BCUT2D eigenvalue weighted by Crippen LogP contribution is -2.35. The van der Waals surface area contributed by atoms with Gasteiger partial charge >= 0.3 is 6.09 Å². The minimum Gasteiger partial charge on any atom is -0.494 e. The normalized spacial score (nSPS) is 19.9. The van der Waals surface area contributed by atoms with E-state index in [2.05, 4.69) is 19.1 Å². The third-order valence-corrected chi connectivity index (χ3v) is 4.50. The third kappa shape index (κ3) is 5.66. The Hall–Kier alpha value is -2.22. The van der Waals surface area contributed by atoms with Crippen LogP contribution in [-0.2, 0) is 4.74 Å². The Kier molecular flexibility index (Phi) is 6.90. The smallest absolute Gasteiger partial charge is 0.410 e. The van der Waals surface area contributed by atoms with Crippen molar-refractivity contribution in [3.8, 4) is 11.8 Å². The van der Waals surface area contributed by atoms with Crippen LogP contribution in [0.2, 0.25) is 0 Å². The number of amides is 1. The first kappa shape index (κ1) is 20.1. The van der Waals surface area contributed by atoms with Crippen molar-refractivity contribution in [2.75, 3.05) is 19.7 Å². The summed E-state index contributed by atoms with van der Waals surface area (Å²) in [7, 11) is 0. The molecule has 0 aliphatic carbocycles. The Morgan fingerprint density at radius 2 is 2.12 bits per heavy atom. The highest BCUT2D eigenvalue weighted by molar-refractivity contribution is 5.68. The van der Waals surface area contributed by atoms with Gasteiger partial charge in [0.2, 0.25) is 0 Å². The van der Waals surface area contributed by atoms with Crippen LogP contribution in [0.4, 0.5) is 4.79 Å². The number of hydrogen-bond donors (Lipinski definition) is 0. The number of nitrogens with zero attached hydrogens (tertiary/aromatic N) is 2. The number of ether oxygens (including phenoxy) is 2. The van der Waals surface area contributed by atoms with Crippen LogP contribution < -0.4 is 4.74 Å². The van der Waals surface area contributed by atoms with E-state index in [4.69, 9.17) is 9.47 Å². The van der Waals surface area contributed by atoms with E-state index in [1.165, 1.54) is 0 Å².